The number of hydrogen-bond donors (Lipinski definition) is 0. The molecule has 0 heterocycles. The Kier molecular flexibility index (Phi) is 4.42. The first kappa shape index (κ1) is 17.0. The second kappa shape index (κ2) is 6.24. The van der Waals surface area contributed by atoms with E-state index in [0.29, 0.717) is 17.8 Å². The first-order valence-corrected chi connectivity index (χ1v) is 9.31. The Morgan fingerprint density at radius 2 is 1.08 bits per heavy atom. The van der Waals surface area contributed by atoms with Gasteiger partial charge in [-0.25, -0.2) is 0 Å². The predicted molar refractivity (Wildman–Crippen MR) is 108 cm³/mol. The highest BCUT2D eigenvalue weighted by atomic mass is 14.2. The van der Waals surface area contributed by atoms with E-state index >= 15 is 0 Å². The van der Waals surface area contributed by atoms with Crippen LogP contribution in [0.25, 0.3) is 21.5 Å². The van der Waals surface area contributed by atoms with Crippen LogP contribution in [0.4, 0.5) is 0 Å². The Labute approximate surface area is 146 Å². The standard InChI is InChI=1S/C24H30/c1-14(2)20-10-8-18-13-23-19(12-22(18)17(20)7)9-11-21(15(3)4)24(23)16(5)6/h8-16H,1-7H3. The van der Waals surface area contributed by atoms with Gasteiger partial charge in [0, 0.05) is 0 Å². The Bertz CT molecular complexity index is 895. The van der Waals surface area contributed by atoms with Gasteiger partial charge in [0.25, 0.3) is 0 Å². The van der Waals surface area contributed by atoms with Gasteiger partial charge < -0.3 is 0 Å². The van der Waals surface area contributed by atoms with Gasteiger partial charge in [0.15, 0.2) is 0 Å². The minimum atomic E-state index is 0.541. The number of fused-ring (bicyclic) bond motifs is 2. The van der Waals surface area contributed by atoms with E-state index in [0.717, 1.165) is 0 Å². The Morgan fingerprint density at radius 3 is 1.62 bits per heavy atom. The molecule has 126 valence electrons. The maximum atomic E-state index is 2.42. The molecule has 0 fully saturated rings. The molecule has 3 aromatic rings. The highest BCUT2D eigenvalue weighted by molar-refractivity contribution is 6.02. The fourth-order valence-electron chi connectivity index (χ4n) is 4.13. The lowest BCUT2D eigenvalue weighted by Crippen LogP contribution is -2.00. The summed E-state index contributed by atoms with van der Waals surface area (Å²) >= 11 is 0. The van der Waals surface area contributed by atoms with Crippen molar-refractivity contribution in [2.24, 2.45) is 0 Å². The quantitative estimate of drug-likeness (QED) is 0.434. The lowest BCUT2D eigenvalue weighted by Gasteiger charge is -2.20. The van der Waals surface area contributed by atoms with Crippen molar-refractivity contribution >= 4 is 21.5 Å². The van der Waals surface area contributed by atoms with E-state index < -0.39 is 0 Å². The fraction of sp³-hybridized carbons (Fsp3) is 0.417. The van der Waals surface area contributed by atoms with Gasteiger partial charge in [-0.3, -0.25) is 0 Å². The molecule has 3 rings (SSSR count). The van der Waals surface area contributed by atoms with Crippen molar-refractivity contribution in [2.75, 3.05) is 0 Å². The van der Waals surface area contributed by atoms with Gasteiger partial charge in [-0.05, 0) is 80.6 Å². The monoisotopic (exact) mass is 318 g/mol. The van der Waals surface area contributed by atoms with E-state index in [9.17, 15) is 0 Å². The molecule has 3 aromatic carbocycles. The molecule has 0 aliphatic rings. The molecule has 0 heteroatoms. The minimum absolute atomic E-state index is 0.541. The summed E-state index contributed by atoms with van der Waals surface area (Å²) in [7, 11) is 0. The van der Waals surface area contributed by atoms with E-state index in [2.05, 4.69) is 84.9 Å². The zero-order valence-corrected chi connectivity index (χ0v) is 16.2. The number of rotatable bonds is 3. The third-order valence-electron chi connectivity index (χ3n) is 5.37. The Hall–Kier alpha value is -1.82. The Balaban J connectivity index is 2.39. The van der Waals surface area contributed by atoms with Crippen molar-refractivity contribution in [2.45, 2.75) is 66.2 Å². The highest BCUT2D eigenvalue weighted by Crippen LogP contribution is 2.37. The SMILES string of the molecule is Cc1c(C(C)C)ccc2cc3c(C(C)C)c(C(C)C)ccc3cc12. The molecule has 0 saturated carbocycles. The summed E-state index contributed by atoms with van der Waals surface area (Å²) < 4.78 is 0. The van der Waals surface area contributed by atoms with Gasteiger partial charge in [-0.2, -0.15) is 0 Å². The average Bonchev–Trinajstić information content (AvgIpc) is 2.51. The molecule has 0 atom stereocenters. The second-order valence-electron chi connectivity index (χ2n) is 8.11. The van der Waals surface area contributed by atoms with Crippen LogP contribution in [0.3, 0.4) is 0 Å². The zero-order chi connectivity index (χ0) is 17.6. The first-order valence-electron chi connectivity index (χ1n) is 9.31. The zero-order valence-electron chi connectivity index (χ0n) is 16.2. The molecule has 0 aliphatic carbocycles. The molecule has 0 unspecified atom stereocenters. The number of aryl methyl sites for hydroxylation is 1. The van der Waals surface area contributed by atoms with Crippen molar-refractivity contribution in [3.8, 4) is 0 Å². The normalized spacial score (nSPS) is 12.2. The number of benzene rings is 3. The van der Waals surface area contributed by atoms with Crippen LogP contribution in [0.5, 0.6) is 0 Å². The Morgan fingerprint density at radius 1 is 0.583 bits per heavy atom. The van der Waals surface area contributed by atoms with E-state index in [1.54, 1.807) is 0 Å². The topological polar surface area (TPSA) is 0 Å². The maximum absolute atomic E-state index is 2.42. The summed E-state index contributed by atoms with van der Waals surface area (Å²) in [6.45, 7) is 16.1. The van der Waals surface area contributed by atoms with Gasteiger partial charge in [0.1, 0.15) is 0 Å². The van der Waals surface area contributed by atoms with Gasteiger partial charge in [-0.1, -0.05) is 65.8 Å². The molecule has 0 aliphatic heterocycles. The third kappa shape index (κ3) is 2.73. The molecule has 0 bridgehead atoms. The smallest absolute Gasteiger partial charge is 0.0140 e. The van der Waals surface area contributed by atoms with E-state index in [1.807, 2.05) is 0 Å². The van der Waals surface area contributed by atoms with Crippen molar-refractivity contribution in [3.05, 3.63) is 58.7 Å². The van der Waals surface area contributed by atoms with Crippen LogP contribution in [-0.2, 0) is 0 Å². The molecule has 0 spiro atoms. The predicted octanol–water partition coefficient (Wildman–Crippen LogP) is 7.67. The summed E-state index contributed by atoms with van der Waals surface area (Å²) in [6.07, 6.45) is 0. The van der Waals surface area contributed by atoms with Crippen LogP contribution in [0.15, 0.2) is 36.4 Å². The average molecular weight is 319 g/mol. The molecule has 0 aromatic heterocycles. The lowest BCUT2D eigenvalue weighted by molar-refractivity contribution is 0.798. The van der Waals surface area contributed by atoms with Crippen LogP contribution in [-0.4, -0.2) is 0 Å². The molecule has 24 heavy (non-hydrogen) atoms. The van der Waals surface area contributed by atoms with E-state index in [-0.39, 0.29) is 0 Å². The van der Waals surface area contributed by atoms with Crippen LogP contribution in [0, 0.1) is 6.92 Å². The summed E-state index contributed by atoms with van der Waals surface area (Å²) in [5, 5.41) is 5.58. The van der Waals surface area contributed by atoms with Crippen LogP contribution in [0.2, 0.25) is 0 Å². The molecule has 0 nitrogen and oxygen atoms in total. The van der Waals surface area contributed by atoms with Crippen LogP contribution >= 0.6 is 0 Å². The van der Waals surface area contributed by atoms with Gasteiger partial charge in [0.2, 0.25) is 0 Å². The maximum Gasteiger partial charge on any atom is -0.0140 e. The van der Waals surface area contributed by atoms with Crippen molar-refractivity contribution in [1.82, 2.24) is 0 Å². The van der Waals surface area contributed by atoms with Crippen molar-refractivity contribution in [1.29, 1.82) is 0 Å². The third-order valence-corrected chi connectivity index (χ3v) is 5.37. The summed E-state index contributed by atoms with van der Waals surface area (Å²) in [5.41, 5.74) is 5.91. The summed E-state index contributed by atoms with van der Waals surface area (Å²) in [6, 6.07) is 14.1. The molecular weight excluding hydrogens is 288 g/mol. The van der Waals surface area contributed by atoms with Gasteiger partial charge >= 0.3 is 0 Å². The summed E-state index contributed by atoms with van der Waals surface area (Å²) in [5.74, 6) is 1.67. The first-order chi connectivity index (χ1) is 11.3. The summed E-state index contributed by atoms with van der Waals surface area (Å²) in [4.78, 5) is 0. The van der Waals surface area contributed by atoms with Crippen LogP contribution in [0.1, 0.15) is 81.5 Å². The highest BCUT2D eigenvalue weighted by Gasteiger charge is 2.15. The fourth-order valence-corrected chi connectivity index (χ4v) is 4.13. The second-order valence-corrected chi connectivity index (χ2v) is 8.11. The van der Waals surface area contributed by atoms with Gasteiger partial charge in [0.05, 0.1) is 0 Å². The van der Waals surface area contributed by atoms with E-state index in [1.165, 1.54) is 43.8 Å². The molecule has 0 amide bonds. The molecule has 0 N–H and O–H groups in total. The minimum Gasteiger partial charge on any atom is -0.0587 e. The largest absolute Gasteiger partial charge is 0.0587 e. The van der Waals surface area contributed by atoms with Crippen molar-refractivity contribution in [3.63, 3.8) is 0 Å². The van der Waals surface area contributed by atoms with E-state index in [4.69, 9.17) is 0 Å². The molecule has 0 radical (unpaired) electrons. The van der Waals surface area contributed by atoms with Crippen molar-refractivity contribution < 1.29 is 0 Å². The lowest BCUT2D eigenvalue weighted by atomic mass is 9.84. The molecule has 0 saturated heterocycles. The van der Waals surface area contributed by atoms with Crippen LogP contribution < -0.4 is 0 Å². The molecular formula is C24H30. The number of hydrogen-bond acceptors (Lipinski definition) is 0. The van der Waals surface area contributed by atoms with Gasteiger partial charge in [-0.15, -0.1) is 0 Å².